The molecular formula is C14H27N3O. The highest BCUT2D eigenvalue weighted by atomic mass is 16.2. The highest BCUT2D eigenvalue weighted by Crippen LogP contribution is 2.12. The number of nitrogens with two attached hydrogens (primary N) is 1. The van der Waals surface area contributed by atoms with E-state index in [4.69, 9.17) is 5.73 Å². The minimum Gasteiger partial charge on any atom is -0.342 e. The van der Waals surface area contributed by atoms with Crippen LogP contribution in [0.2, 0.25) is 0 Å². The molecule has 0 radical (unpaired) electrons. The zero-order chi connectivity index (χ0) is 12.8. The van der Waals surface area contributed by atoms with Gasteiger partial charge in [0.1, 0.15) is 0 Å². The average molecular weight is 253 g/mol. The molecule has 1 unspecified atom stereocenters. The van der Waals surface area contributed by atoms with Gasteiger partial charge < -0.3 is 10.6 Å². The van der Waals surface area contributed by atoms with E-state index in [0.29, 0.717) is 12.5 Å². The van der Waals surface area contributed by atoms with E-state index in [1.165, 1.54) is 32.1 Å². The Balaban J connectivity index is 1.78. The Labute approximate surface area is 110 Å². The molecule has 104 valence electrons. The molecule has 0 aliphatic carbocycles. The van der Waals surface area contributed by atoms with Gasteiger partial charge in [0.2, 0.25) is 5.91 Å². The van der Waals surface area contributed by atoms with Crippen molar-refractivity contribution < 1.29 is 4.79 Å². The van der Waals surface area contributed by atoms with Crippen molar-refractivity contribution in [3.63, 3.8) is 0 Å². The second kappa shape index (κ2) is 7.10. The van der Waals surface area contributed by atoms with Gasteiger partial charge in [0.05, 0.1) is 6.54 Å². The van der Waals surface area contributed by atoms with Crippen LogP contribution < -0.4 is 5.73 Å². The van der Waals surface area contributed by atoms with Crippen molar-refractivity contribution >= 4 is 5.91 Å². The van der Waals surface area contributed by atoms with Gasteiger partial charge in [0.15, 0.2) is 0 Å². The molecule has 0 bridgehead atoms. The first-order chi connectivity index (χ1) is 8.75. The molecule has 2 fully saturated rings. The number of piperidine rings is 1. The summed E-state index contributed by atoms with van der Waals surface area (Å²) in [6.07, 6.45) is 8.47. The van der Waals surface area contributed by atoms with E-state index < -0.39 is 0 Å². The summed E-state index contributed by atoms with van der Waals surface area (Å²) >= 11 is 0. The van der Waals surface area contributed by atoms with E-state index in [1.807, 2.05) is 0 Å². The number of hydrogen-bond donors (Lipinski definition) is 1. The molecule has 2 N–H and O–H groups in total. The Morgan fingerprint density at radius 3 is 2.33 bits per heavy atom. The summed E-state index contributed by atoms with van der Waals surface area (Å²) in [5.41, 5.74) is 5.96. The average Bonchev–Trinajstić information content (AvgIpc) is 2.28. The Morgan fingerprint density at radius 2 is 1.67 bits per heavy atom. The summed E-state index contributed by atoms with van der Waals surface area (Å²) in [6, 6.07) is 0.263. The lowest BCUT2D eigenvalue weighted by atomic mass is 10.1. The van der Waals surface area contributed by atoms with Crippen molar-refractivity contribution in [1.82, 2.24) is 9.80 Å². The van der Waals surface area contributed by atoms with Gasteiger partial charge in [-0.2, -0.15) is 0 Å². The maximum Gasteiger partial charge on any atom is 0.236 e. The van der Waals surface area contributed by atoms with Gasteiger partial charge in [-0.15, -0.1) is 0 Å². The molecule has 4 heteroatoms. The number of carbonyl (C=O) groups excluding carboxylic acids is 1. The molecule has 18 heavy (non-hydrogen) atoms. The zero-order valence-electron chi connectivity index (χ0n) is 11.4. The predicted octanol–water partition coefficient (Wildman–Crippen LogP) is 1.20. The summed E-state index contributed by atoms with van der Waals surface area (Å²) < 4.78 is 0. The molecule has 2 saturated heterocycles. The van der Waals surface area contributed by atoms with Crippen molar-refractivity contribution in [3.8, 4) is 0 Å². The minimum atomic E-state index is 0.263. The van der Waals surface area contributed by atoms with Gasteiger partial charge in [0.25, 0.3) is 0 Å². The maximum atomic E-state index is 12.3. The van der Waals surface area contributed by atoms with Crippen LogP contribution in [0.25, 0.3) is 0 Å². The first-order valence-corrected chi connectivity index (χ1v) is 7.51. The second-order valence-corrected chi connectivity index (χ2v) is 5.79. The van der Waals surface area contributed by atoms with Crippen LogP contribution >= 0.6 is 0 Å². The number of amides is 1. The largest absolute Gasteiger partial charge is 0.342 e. The molecule has 0 spiro atoms. The molecule has 2 aliphatic heterocycles. The van der Waals surface area contributed by atoms with E-state index in [-0.39, 0.29) is 6.04 Å². The standard InChI is InChI=1S/C14H27N3O/c15-13-7-6-8-16(11-13)12-14(18)17-9-4-2-1-3-5-10-17/h13H,1-12,15H2. The van der Waals surface area contributed by atoms with Crippen LogP contribution in [-0.2, 0) is 4.79 Å². The Morgan fingerprint density at radius 1 is 1.00 bits per heavy atom. The topological polar surface area (TPSA) is 49.6 Å². The maximum absolute atomic E-state index is 12.3. The molecule has 0 aromatic rings. The summed E-state index contributed by atoms with van der Waals surface area (Å²) in [5.74, 6) is 0.311. The number of carbonyl (C=O) groups is 1. The van der Waals surface area contributed by atoms with Crippen LogP contribution in [0.1, 0.15) is 44.9 Å². The summed E-state index contributed by atoms with van der Waals surface area (Å²) in [7, 11) is 0. The summed E-state index contributed by atoms with van der Waals surface area (Å²) in [4.78, 5) is 16.6. The molecule has 0 aromatic heterocycles. The molecule has 4 nitrogen and oxygen atoms in total. The molecule has 0 aromatic carbocycles. The lowest BCUT2D eigenvalue weighted by Crippen LogP contribution is -2.48. The fraction of sp³-hybridized carbons (Fsp3) is 0.929. The van der Waals surface area contributed by atoms with Crippen molar-refractivity contribution in [1.29, 1.82) is 0 Å². The second-order valence-electron chi connectivity index (χ2n) is 5.79. The number of hydrogen-bond acceptors (Lipinski definition) is 3. The normalized spacial score (nSPS) is 27.6. The van der Waals surface area contributed by atoms with Gasteiger partial charge in [-0.1, -0.05) is 19.3 Å². The van der Waals surface area contributed by atoms with Gasteiger partial charge in [-0.3, -0.25) is 9.69 Å². The summed E-state index contributed by atoms with van der Waals surface area (Å²) in [5, 5.41) is 0. The van der Waals surface area contributed by atoms with Gasteiger partial charge in [0, 0.05) is 25.7 Å². The highest BCUT2D eigenvalue weighted by molar-refractivity contribution is 5.78. The quantitative estimate of drug-likeness (QED) is 0.804. The zero-order valence-corrected chi connectivity index (χ0v) is 11.4. The molecule has 2 heterocycles. The Hall–Kier alpha value is -0.610. The van der Waals surface area contributed by atoms with E-state index in [2.05, 4.69) is 9.80 Å². The van der Waals surface area contributed by atoms with E-state index >= 15 is 0 Å². The third kappa shape index (κ3) is 4.25. The monoisotopic (exact) mass is 253 g/mol. The lowest BCUT2D eigenvalue weighted by Gasteiger charge is -2.32. The lowest BCUT2D eigenvalue weighted by molar-refractivity contribution is -0.133. The van der Waals surface area contributed by atoms with Crippen LogP contribution in [0, 0.1) is 0 Å². The Kier molecular flexibility index (Phi) is 5.45. The SMILES string of the molecule is NC1CCCN(CC(=O)N2CCCCCCC2)C1. The third-order valence-electron chi connectivity index (χ3n) is 4.11. The van der Waals surface area contributed by atoms with Gasteiger partial charge in [-0.05, 0) is 32.2 Å². The molecule has 0 saturated carbocycles. The first kappa shape index (κ1) is 13.8. The van der Waals surface area contributed by atoms with Gasteiger partial charge in [-0.25, -0.2) is 0 Å². The molecule has 1 amide bonds. The smallest absolute Gasteiger partial charge is 0.236 e. The predicted molar refractivity (Wildman–Crippen MR) is 73.3 cm³/mol. The number of likely N-dealkylation sites (tertiary alicyclic amines) is 2. The van der Waals surface area contributed by atoms with Crippen LogP contribution in [0.5, 0.6) is 0 Å². The van der Waals surface area contributed by atoms with Crippen molar-refractivity contribution in [3.05, 3.63) is 0 Å². The fourth-order valence-corrected chi connectivity index (χ4v) is 3.02. The number of rotatable bonds is 2. The molecule has 2 rings (SSSR count). The van der Waals surface area contributed by atoms with Gasteiger partial charge >= 0.3 is 0 Å². The van der Waals surface area contributed by atoms with Crippen molar-refractivity contribution in [2.24, 2.45) is 5.73 Å². The molecule has 1 atom stereocenters. The highest BCUT2D eigenvalue weighted by Gasteiger charge is 2.21. The minimum absolute atomic E-state index is 0.263. The molecule has 2 aliphatic rings. The molecular weight excluding hydrogens is 226 g/mol. The first-order valence-electron chi connectivity index (χ1n) is 7.51. The van der Waals surface area contributed by atoms with Crippen LogP contribution in [0.3, 0.4) is 0 Å². The number of nitrogens with zero attached hydrogens (tertiary/aromatic N) is 2. The summed E-state index contributed by atoms with van der Waals surface area (Å²) in [6.45, 7) is 4.41. The third-order valence-corrected chi connectivity index (χ3v) is 4.11. The van der Waals surface area contributed by atoms with E-state index in [0.717, 1.165) is 39.0 Å². The van der Waals surface area contributed by atoms with Crippen LogP contribution in [0.15, 0.2) is 0 Å². The van der Waals surface area contributed by atoms with Crippen molar-refractivity contribution in [2.75, 3.05) is 32.7 Å². The van der Waals surface area contributed by atoms with E-state index in [9.17, 15) is 4.79 Å². The van der Waals surface area contributed by atoms with E-state index in [1.54, 1.807) is 0 Å². The fourth-order valence-electron chi connectivity index (χ4n) is 3.02. The van der Waals surface area contributed by atoms with Crippen LogP contribution in [-0.4, -0.2) is 54.5 Å². The Bertz CT molecular complexity index is 262. The van der Waals surface area contributed by atoms with Crippen molar-refractivity contribution in [2.45, 2.75) is 51.0 Å². The van der Waals surface area contributed by atoms with Crippen LogP contribution in [0.4, 0.5) is 0 Å².